The van der Waals surface area contributed by atoms with Crippen molar-refractivity contribution in [3.05, 3.63) is 24.3 Å². The summed E-state index contributed by atoms with van der Waals surface area (Å²) in [7, 11) is 1.66. The maximum absolute atomic E-state index is 5.35. The highest BCUT2D eigenvalue weighted by Crippen LogP contribution is 2.11. The maximum Gasteiger partial charge on any atom is 0.150 e. The highest BCUT2D eigenvalue weighted by Gasteiger charge is 1.94. The van der Waals surface area contributed by atoms with E-state index in [0.29, 0.717) is 13.2 Å². The minimum Gasteiger partial charge on any atom is -0.491 e. The monoisotopic (exact) mass is 185 g/mol. The molecule has 0 radical (unpaired) electrons. The molecule has 0 aliphatic rings. The summed E-state index contributed by atoms with van der Waals surface area (Å²) in [5, 5.41) is 0. The van der Waals surface area contributed by atoms with Crippen LogP contribution in [0.25, 0.3) is 0 Å². The van der Waals surface area contributed by atoms with Gasteiger partial charge in [-0.25, -0.2) is 0 Å². The van der Waals surface area contributed by atoms with Gasteiger partial charge in [-0.2, -0.15) is 0 Å². The highest BCUT2D eigenvalue weighted by atomic mass is 32.1. The van der Waals surface area contributed by atoms with Crippen molar-refractivity contribution in [2.24, 2.45) is 0 Å². The van der Waals surface area contributed by atoms with Crippen LogP contribution in [0.1, 0.15) is 0 Å². The molecule has 12 heavy (non-hydrogen) atoms. The van der Waals surface area contributed by atoms with Crippen LogP contribution >= 0.6 is 0 Å². The van der Waals surface area contributed by atoms with E-state index in [4.69, 9.17) is 9.47 Å². The molecule has 66 valence electrons. The van der Waals surface area contributed by atoms with Crippen LogP contribution in [0.3, 0.4) is 0 Å². The Labute approximate surface area is 77.9 Å². The van der Waals surface area contributed by atoms with Crippen molar-refractivity contribution >= 4 is 12.6 Å². The normalized spacial score (nSPS) is 9.83. The van der Waals surface area contributed by atoms with Crippen LogP contribution in [-0.4, -0.2) is 20.3 Å². The summed E-state index contributed by atoms with van der Waals surface area (Å²) in [6.45, 7) is 1.22. The van der Waals surface area contributed by atoms with Crippen molar-refractivity contribution < 1.29 is 9.47 Å². The van der Waals surface area contributed by atoms with E-state index in [1.165, 1.54) is 0 Å². The summed E-state index contributed by atoms with van der Waals surface area (Å²) in [5.41, 5.74) is 0. The number of methoxy groups -OCH3 is 1. The first-order chi connectivity index (χ1) is 5.83. The van der Waals surface area contributed by atoms with Gasteiger partial charge in [0, 0.05) is 7.11 Å². The van der Waals surface area contributed by atoms with Crippen molar-refractivity contribution in [3.63, 3.8) is 0 Å². The molecular weight excluding hydrogens is 172 g/mol. The third-order valence-electron chi connectivity index (χ3n) is 1.41. The van der Waals surface area contributed by atoms with E-state index >= 15 is 0 Å². The molecule has 0 saturated heterocycles. The van der Waals surface area contributed by atoms with Crippen LogP contribution in [-0.2, 0) is 17.4 Å². The number of benzene rings is 1. The molecule has 0 heterocycles. The minimum absolute atomic E-state index is 0.595. The standard InChI is InChI=1S/C9H12O2S/c1-10-6-7-11-8-2-4-9(12)5-3-8/h2-5,12H,6-7H2,1H3/p+1. The molecule has 0 amide bonds. The molecule has 0 atom stereocenters. The van der Waals surface area contributed by atoms with Gasteiger partial charge in [0.2, 0.25) is 0 Å². The fourth-order valence-electron chi connectivity index (χ4n) is 0.794. The quantitative estimate of drug-likeness (QED) is 0.516. The summed E-state index contributed by atoms with van der Waals surface area (Å²) < 4.78 is 10.2. The second-order valence-corrected chi connectivity index (χ2v) is 2.94. The lowest BCUT2D eigenvalue weighted by Crippen LogP contribution is -2.03. The fourth-order valence-corrected chi connectivity index (χ4v) is 0.961. The fraction of sp³-hybridized carbons (Fsp3) is 0.333. The van der Waals surface area contributed by atoms with Crippen molar-refractivity contribution in [2.45, 2.75) is 4.90 Å². The molecule has 0 bridgehead atoms. The Morgan fingerprint density at radius 2 is 1.83 bits per heavy atom. The van der Waals surface area contributed by atoms with E-state index in [9.17, 15) is 0 Å². The largest absolute Gasteiger partial charge is 0.491 e. The van der Waals surface area contributed by atoms with Crippen LogP contribution < -0.4 is 4.74 Å². The van der Waals surface area contributed by atoms with Crippen molar-refractivity contribution in [2.75, 3.05) is 20.3 Å². The second kappa shape index (κ2) is 5.06. The Bertz CT molecular complexity index is 220. The lowest BCUT2D eigenvalue weighted by Gasteiger charge is -2.03. The van der Waals surface area contributed by atoms with Crippen LogP contribution in [0.2, 0.25) is 0 Å². The lowest BCUT2D eigenvalue weighted by atomic mass is 10.3. The topological polar surface area (TPSA) is 18.5 Å². The van der Waals surface area contributed by atoms with Gasteiger partial charge in [-0.3, -0.25) is 0 Å². The molecule has 0 unspecified atom stereocenters. The Morgan fingerprint density at radius 3 is 2.42 bits per heavy atom. The van der Waals surface area contributed by atoms with Crippen LogP contribution in [0.15, 0.2) is 29.2 Å². The maximum atomic E-state index is 5.35. The summed E-state index contributed by atoms with van der Waals surface area (Å²) in [6, 6.07) is 7.72. The number of rotatable bonds is 4. The SMILES string of the molecule is COCCOc1ccc([SH2+])cc1. The first-order valence-corrected chi connectivity index (χ1v) is 4.26. The minimum atomic E-state index is 0.595. The van der Waals surface area contributed by atoms with E-state index in [0.717, 1.165) is 10.6 Å². The summed E-state index contributed by atoms with van der Waals surface area (Å²) >= 11 is 3.39. The zero-order chi connectivity index (χ0) is 8.81. The van der Waals surface area contributed by atoms with E-state index in [2.05, 4.69) is 12.6 Å². The third kappa shape index (κ3) is 3.15. The average molecular weight is 185 g/mol. The zero-order valence-electron chi connectivity index (χ0n) is 7.04. The molecule has 2 nitrogen and oxygen atoms in total. The number of ether oxygens (including phenoxy) is 2. The Hall–Kier alpha value is -0.670. The molecule has 0 spiro atoms. The smallest absolute Gasteiger partial charge is 0.150 e. The third-order valence-corrected chi connectivity index (χ3v) is 1.74. The summed E-state index contributed by atoms with van der Waals surface area (Å²) in [6.07, 6.45) is 0. The molecule has 0 aliphatic carbocycles. The predicted octanol–water partition coefficient (Wildman–Crippen LogP) is 1.08. The molecule has 0 fully saturated rings. The van der Waals surface area contributed by atoms with Crippen LogP contribution in [0, 0.1) is 0 Å². The van der Waals surface area contributed by atoms with Gasteiger partial charge in [-0.05, 0) is 36.9 Å². The first kappa shape index (κ1) is 9.42. The van der Waals surface area contributed by atoms with Gasteiger partial charge < -0.3 is 9.47 Å². The first-order valence-electron chi connectivity index (χ1n) is 3.76. The number of hydrogen-bond acceptors (Lipinski definition) is 2. The average Bonchev–Trinajstić information content (AvgIpc) is 2.09. The Balaban J connectivity index is 2.37. The molecule has 1 aromatic rings. The highest BCUT2D eigenvalue weighted by molar-refractivity contribution is 7.58. The summed E-state index contributed by atoms with van der Waals surface area (Å²) in [5.74, 6) is 0.869. The van der Waals surface area contributed by atoms with E-state index in [1.807, 2.05) is 24.3 Å². The summed E-state index contributed by atoms with van der Waals surface area (Å²) in [4.78, 5) is 1.05. The molecule has 0 aliphatic heterocycles. The molecule has 3 heteroatoms. The van der Waals surface area contributed by atoms with Gasteiger partial charge in [0.1, 0.15) is 12.4 Å². The van der Waals surface area contributed by atoms with Gasteiger partial charge in [0.05, 0.1) is 6.61 Å². The van der Waals surface area contributed by atoms with Crippen molar-refractivity contribution in [1.82, 2.24) is 0 Å². The van der Waals surface area contributed by atoms with Crippen LogP contribution in [0.5, 0.6) is 5.75 Å². The van der Waals surface area contributed by atoms with Gasteiger partial charge in [-0.15, -0.1) is 0 Å². The molecule has 0 N–H and O–H groups in total. The van der Waals surface area contributed by atoms with Crippen molar-refractivity contribution in [1.29, 1.82) is 0 Å². The number of hydrogen-bond donors (Lipinski definition) is 0. The molecule has 1 aromatic carbocycles. The van der Waals surface area contributed by atoms with Crippen LogP contribution in [0.4, 0.5) is 0 Å². The van der Waals surface area contributed by atoms with Crippen molar-refractivity contribution in [3.8, 4) is 5.75 Å². The predicted molar refractivity (Wildman–Crippen MR) is 52.2 cm³/mol. The van der Waals surface area contributed by atoms with E-state index in [-0.39, 0.29) is 0 Å². The zero-order valence-corrected chi connectivity index (χ0v) is 8.04. The Kier molecular flexibility index (Phi) is 3.97. The molecular formula is C9H13O2S+. The Morgan fingerprint density at radius 1 is 1.17 bits per heavy atom. The lowest BCUT2D eigenvalue weighted by molar-refractivity contribution is 0.146. The van der Waals surface area contributed by atoms with Gasteiger partial charge >= 0.3 is 0 Å². The van der Waals surface area contributed by atoms with E-state index < -0.39 is 0 Å². The molecule has 1 rings (SSSR count). The van der Waals surface area contributed by atoms with Gasteiger partial charge in [0.25, 0.3) is 0 Å². The van der Waals surface area contributed by atoms with Gasteiger partial charge in [0.15, 0.2) is 4.90 Å². The van der Waals surface area contributed by atoms with E-state index in [1.54, 1.807) is 7.11 Å². The van der Waals surface area contributed by atoms with Gasteiger partial charge in [-0.1, -0.05) is 0 Å². The second-order valence-electron chi connectivity index (χ2n) is 2.37. The molecule has 0 aromatic heterocycles. The molecule has 0 saturated carbocycles.